The zero-order valence-corrected chi connectivity index (χ0v) is 27.3. The standard InChI is InChI=1S/C32H54NO8P/c1-6-8-10-11-12-13-14-15-16-17-18-19-20-21-23-25-32(35)41-30(28-38-31(34)24-22-9-7-2)29-40-42(36,37)39-27-26-33(3,4)5/h8,10,12-13,15-16,18-19,21,23,30H,6-7,9,11,14,17,20,22,24-29H2,1-5H3/p+1/b10-8-,13-12-,16-15-,19-18-,23-21-. The predicted molar refractivity (Wildman–Crippen MR) is 169 cm³/mol. The van der Waals surface area contributed by atoms with Gasteiger partial charge in [0.15, 0.2) is 6.10 Å². The van der Waals surface area contributed by atoms with Gasteiger partial charge in [-0.05, 0) is 38.5 Å². The van der Waals surface area contributed by atoms with Gasteiger partial charge in [-0.15, -0.1) is 0 Å². The molecule has 42 heavy (non-hydrogen) atoms. The summed E-state index contributed by atoms with van der Waals surface area (Å²) in [7, 11) is 1.40. The van der Waals surface area contributed by atoms with Crippen molar-refractivity contribution in [1.82, 2.24) is 0 Å². The number of quaternary nitrogens is 1. The minimum absolute atomic E-state index is 0.00521. The summed E-state index contributed by atoms with van der Waals surface area (Å²) in [6, 6.07) is 0. The highest BCUT2D eigenvalue weighted by Gasteiger charge is 2.26. The normalized spacial score (nSPS) is 14.9. The van der Waals surface area contributed by atoms with E-state index >= 15 is 0 Å². The minimum Gasteiger partial charge on any atom is -0.462 e. The number of esters is 2. The number of rotatable bonds is 25. The van der Waals surface area contributed by atoms with Crippen molar-refractivity contribution in [2.45, 2.75) is 84.2 Å². The number of ether oxygens (including phenoxy) is 2. The van der Waals surface area contributed by atoms with Crippen molar-refractivity contribution in [1.29, 1.82) is 0 Å². The van der Waals surface area contributed by atoms with Gasteiger partial charge in [-0.1, -0.05) is 87.4 Å². The summed E-state index contributed by atoms with van der Waals surface area (Å²) in [5, 5.41) is 0. The van der Waals surface area contributed by atoms with Crippen LogP contribution in [0.15, 0.2) is 60.8 Å². The fourth-order valence-electron chi connectivity index (χ4n) is 3.20. The third-order valence-corrected chi connectivity index (χ3v) is 6.58. The monoisotopic (exact) mass is 612 g/mol. The molecule has 0 amide bonds. The number of unbranched alkanes of at least 4 members (excludes halogenated alkanes) is 2. The Balaban J connectivity index is 4.60. The van der Waals surface area contributed by atoms with Crippen LogP contribution in [0.2, 0.25) is 0 Å². The number of nitrogens with zero attached hydrogens (tertiary/aromatic N) is 1. The van der Waals surface area contributed by atoms with E-state index in [0.717, 1.165) is 38.5 Å². The summed E-state index contributed by atoms with van der Waals surface area (Å²) in [5.74, 6) is -0.987. The summed E-state index contributed by atoms with van der Waals surface area (Å²) >= 11 is 0. The molecule has 9 nitrogen and oxygen atoms in total. The molecule has 240 valence electrons. The van der Waals surface area contributed by atoms with Gasteiger partial charge in [0.1, 0.15) is 19.8 Å². The Kier molecular flexibility index (Phi) is 23.9. The Morgan fingerprint density at radius 2 is 1.31 bits per heavy atom. The molecule has 0 rings (SSSR count). The van der Waals surface area contributed by atoms with Crippen molar-refractivity contribution < 1.29 is 42.1 Å². The first-order valence-corrected chi connectivity index (χ1v) is 16.5. The maximum absolute atomic E-state index is 12.4. The van der Waals surface area contributed by atoms with Crippen molar-refractivity contribution >= 4 is 19.8 Å². The summed E-state index contributed by atoms with van der Waals surface area (Å²) in [5.41, 5.74) is 0. The fraction of sp³-hybridized carbons (Fsp3) is 0.625. The van der Waals surface area contributed by atoms with Crippen molar-refractivity contribution in [3.63, 3.8) is 0 Å². The van der Waals surface area contributed by atoms with Crippen LogP contribution in [-0.2, 0) is 32.7 Å². The van der Waals surface area contributed by atoms with Crippen LogP contribution in [0.5, 0.6) is 0 Å². The van der Waals surface area contributed by atoms with E-state index in [4.69, 9.17) is 18.5 Å². The Labute approximate surface area is 254 Å². The summed E-state index contributed by atoms with van der Waals surface area (Å²) < 4.78 is 33.5. The molecule has 0 radical (unpaired) electrons. The molecule has 0 bridgehead atoms. The first-order valence-electron chi connectivity index (χ1n) is 15.0. The molecule has 0 saturated carbocycles. The van der Waals surface area contributed by atoms with E-state index in [9.17, 15) is 19.0 Å². The van der Waals surface area contributed by atoms with Gasteiger partial charge in [-0.3, -0.25) is 18.6 Å². The molecular weight excluding hydrogens is 557 g/mol. The van der Waals surface area contributed by atoms with Crippen LogP contribution in [0.25, 0.3) is 0 Å². The lowest BCUT2D eigenvalue weighted by molar-refractivity contribution is -0.870. The Bertz CT molecular complexity index is 918. The van der Waals surface area contributed by atoms with E-state index < -0.39 is 32.5 Å². The summed E-state index contributed by atoms with van der Waals surface area (Å²) in [6.45, 7) is 3.94. The second-order valence-corrected chi connectivity index (χ2v) is 12.2. The van der Waals surface area contributed by atoms with Gasteiger partial charge in [0, 0.05) is 6.42 Å². The topological polar surface area (TPSA) is 108 Å². The second kappa shape index (κ2) is 25.2. The zero-order chi connectivity index (χ0) is 31.5. The third kappa shape index (κ3) is 27.9. The lowest BCUT2D eigenvalue weighted by Crippen LogP contribution is -2.37. The van der Waals surface area contributed by atoms with Crippen LogP contribution in [0.4, 0.5) is 0 Å². The molecule has 0 aromatic carbocycles. The van der Waals surface area contributed by atoms with Crippen molar-refractivity contribution in [3.05, 3.63) is 60.8 Å². The van der Waals surface area contributed by atoms with E-state index in [2.05, 4.69) is 49.5 Å². The van der Waals surface area contributed by atoms with Crippen molar-refractivity contribution in [2.75, 3.05) is 47.5 Å². The van der Waals surface area contributed by atoms with Crippen LogP contribution in [-0.4, -0.2) is 74.9 Å². The molecule has 2 unspecified atom stereocenters. The van der Waals surface area contributed by atoms with Crippen LogP contribution in [0, 0.1) is 0 Å². The number of hydrogen-bond donors (Lipinski definition) is 1. The van der Waals surface area contributed by atoms with Crippen molar-refractivity contribution in [2.24, 2.45) is 0 Å². The molecule has 0 aromatic heterocycles. The highest BCUT2D eigenvalue weighted by atomic mass is 31.2. The molecule has 0 aliphatic carbocycles. The average molecular weight is 613 g/mol. The maximum Gasteiger partial charge on any atom is 0.472 e. The summed E-state index contributed by atoms with van der Waals surface area (Å²) in [4.78, 5) is 34.4. The van der Waals surface area contributed by atoms with E-state index in [1.807, 2.05) is 40.2 Å². The second-order valence-electron chi connectivity index (χ2n) is 10.8. The molecule has 1 N–H and O–H groups in total. The highest BCUT2D eigenvalue weighted by molar-refractivity contribution is 7.47. The number of phosphoric ester groups is 1. The van der Waals surface area contributed by atoms with Crippen LogP contribution in [0.3, 0.4) is 0 Å². The lowest BCUT2D eigenvalue weighted by Gasteiger charge is -2.24. The molecule has 2 atom stereocenters. The quantitative estimate of drug-likeness (QED) is 0.0386. The van der Waals surface area contributed by atoms with Crippen LogP contribution >= 0.6 is 7.82 Å². The van der Waals surface area contributed by atoms with Crippen molar-refractivity contribution in [3.8, 4) is 0 Å². The van der Waals surface area contributed by atoms with E-state index in [1.54, 1.807) is 6.08 Å². The highest BCUT2D eigenvalue weighted by Crippen LogP contribution is 2.43. The molecule has 0 saturated heterocycles. The number of carbonyl (C=O) groups excluding carboxylic acids is 2. The van der Waals surface area contributed by atoms with Gasteiger partial charge >= 0.3 is 19.8 Å². The largest absolute Gasteiger partial charge is 0.472 e. The number of hydrogen-bond acceptors (Lipinski definition) is 7. The number of phosphoric acid groups is 1. The molecule has 0 heterocycles. The zero-order valence-electron chi connectivity index (χ0n) is 26.4. The van der Waals surface area contributed by atoms with Gasteiger partial charge < -0.3 is 18.9 Å². The van der Waals surface area contributed by atoms with Crippen LogP contribution < -0.4 is 0 Å². The van der Waals surface area contributed by atoms with E-state index in [0.29, 0.717) is 23.9 Å². The molecule has 0 aliphatic heterocycles. The van der Waals surface area contributed by atoms with E-state index in [-0.39, 0.29) is 26.1 Å². The van der Waals surface area contributed by atoms with E-state index in [1.165, 1.54) is 0 Å². The molecule has 0 spiro atoms. The maximum atomic E-state index is 12.4. The lowest BCUT2D eigenvalue weighted by atomic mass is 10.2. The fourth-order valence-corrected chi connectivity index (χ4v) is 3.94. The molecule has 0 aromatic rings. The Morgan fingerprint density at radius 3 is 1.83 bits per heavy atom. The molecule has 0 aliphatic rings. The first kappa shape index (κ1) is 39.7. The number of carbonyl (C=O) groups is 2. The predicted octanol–water partition coefficient (Wildman–Crippen LogP) is 7.00. The minimum atomic E-state index is -4.37. The molecule has 0 fully saturated rings. The average Bonchev–Trinajstić information content (AvgIpc) is 2.91. The molecular formula is C32H55NO8P+. The Morgan fingerprint density at radius 1 is 0.762 bits per heavy atom. The third-order valence-electron chi connectivity index (χ3n) is 5.60. The smallest absolute Gasteiger partial charge is 0.462 e. The van der Waals surface area contributed by atoms with Gasteiger partial charge in [-0.25, -0.2) is 4.57 Å². The van der Waals surface area contributed by atoms with Gasteiger partial charge in [0.25, 0.3) is 0 Å². The Hall–Kier alpha value is -2.29. The van der Waals surface area contributed by atoms with Gasteiger partial charge in [-0.2, -0.15) is 0 Å². The number of likely N-dealkylation sites (N-methyl/N-ethyl adjacent to an activating group) is 1. The van der Waals surface area contributed by atoms with Crippen LogP contribution in [0.1, 0.15) is 78.1 Å². The SMILES string of the molecule is CC/C=C\C/C=C\C/C=C\C/C=C\C/C=C\CC(=O)OC(COC(=O)CCCCC)COP(=O)(O)OCC[N+](C)(C)C. The molecule has 10 heteroatoms. The summed E-state index contributed by atoms with van der Waals surface area (Å²) in [6.07, 6.45) is 26.8. The van der Waals surface area contributed by atoms with Gasteiger partial charge in [0.2, 0.25) is 0 Å². The van der Waals surface area contributed by atoms with Gasteiger partial charge in [0.05, 0.1) is 34.2 Å². The first-order chi connectivity index (χ1) is 20.0. The number of allylic oxidation sites excluding steroid dienone is 9.